The lowest BCUT2D eigenvalue weighted by Gasteiger charge is -2.01. The van der Waals surface area contributed by atoms with E-state index in [1.807, 2.05) is 26.0 Å². The van der Waals surface area contributed by atoms with Crippen molar-refractivity contribution in [1.82, 2.24) is 4.98 Å². The van der Waals surface area contributed by atoms with Crippen molar-refractivity contribution in [2.24, 2.45) is 0 Å². The lowest BCUT2D eigenvalue weighted by atomic mass is 10.0. The highest BCUT2D eigenvalue weighted by Crippen LogP contribution is 2.32. The lowest BCUT2D eigenvalue weighted by Crippen LogP contribution is -1.89. The first-order valence-corrected chi connectivity index (χ1v) is 6.55. The average Bonchev–Trinajstić information content (AvgIpc) is 2.80. The van der Waals surface area contributed by atoms with Gasteiger partial charge in [-0.15, -0.1) is 0 Å². The SMILES string of the molecule is Cc1cc(C)c2c(C=O)c(-c3ccc(F)c(F)c3)[nH]c2c1. The smallest absolute Gasteiger partial charge is 0.159 e. The minimum absolute atomic E-state index is 0.448. The third-order valence-electron chi connectivity index (χ3n) is 3.60. The molecule has 0 saturated heterocycles. The van der Waals surface area contributed by atoms with Crippen molar-refractivity contribution >= 4 is 17.2 Å². The summed E-state index contributed by atoms with van der Waals surface area (Å²) in [5, 5.41) is 0.815. The van der Waals surface area contributed by atoms with E-state index >= 15 is 0 Å². The van der Waals surface area contributed by atoms with Gasteiger partial charge >= 0.3 is 0 Å². The molecule has 106 valence electrons. The van der Waals surface area contributed by atoms with Crippen LogP contribution < -0.4 is 0 Å². The molecule has 0 fully saturated rings. The van der Waals surface area contributed by atoms with Gasteiger partial charge in [0.25, 0.3) is 0 Å². The summed E-state index contributed by atoms with van der Waals surface area (Å²) in [7, 11) is 0. The molecule has 0 aliphatic rings. The molecular weight excluding hydrogens is 272 g/mol. The largest absolute Gasteiger partial charge is 0.354 e. The Morgan fingerprint density at radius 2 is 1.81 bits per heavy atom. The van der Waals surface area contributed by atoms with E-state index in [1.54, 1.807) is 0 Å². The third kappa shape index (κ3) is 2.13. The van der Waals surface area contributed by atoms with Gasteiger partial charge in [0.1, 0.15) is 0 Å². The zero-order chi connectivity index (χ0) is 15.1. The van der Waals surface area contributed by atoms with Crippen molar-refractivity contribution in [3.63, 3.8) is 0 Å². The highest BCUT2D eigenvalue weighted by molar-refractivity contribution is 6.06. The third-order valence-corrected chi connectivity index (χ3v) is 3.60. The van der Waals surface area contributed by atoms with E-state index in [0.717, 1.165) is 40.4 Å². The molecule has 0 bridgehead atoms. The Kier molecular flexibility index (Phi) is 3.09. The minimum Gasteiger partial charge on any atom is -0.354 e. The first kappa shape index (κ1) is 13.5. The quantitative estimate of drug-likeness (QED) is 0.689. The molecule has 3 rings (SSSR count). The first-order valence-electron chi connectivity index (χ1n) is 6.55. The first-order chi connectivity index (χ1) is 10.0. The van der Waals surface area contributed by atoms with Crippen molar-refractivity contribution in [2.45, 2.75) is 13.8 Å². The van der Waals surface area contributed by atoms with E-state index in [-0.39, 0.29) is 0 Å². The zero-order valence-corrected chi connectivity index (χ0v) is 11.6. The topological polar surface area (TPSA) is 32.9 Å². The van der Waals surface area contributed by atoms with Gasteiger partial charge in [-0.1, -0.05) is 6.07 Å². The van der Waals surface area contributed by atoms with Crippen LogP contribution in [0.15, 0.2) is 30.3 Å². The Morgan fingerprint density at radius 3 is 2.48 bits per heavy atom. The van der Waals surface area contributed by atoms with Crippen LogP contribution >= 0.6 is 0 Å². The molecule has 0 radical (unpaired) electrons. The van der Waals surface area contributed by atoms with Gasteiger partial charge in [0.15, 0.2) is 17.9 Å². The number of hydrogen-bond acceptors (Lipinski definition) is 1. The molecule has 1 heterocycles. The molecule has 0 saturated carbocycles. The number of H-pyrrole nitrogens is 1. The summed E-state index contributed by atoms with van der Waals surface area (Å²) < 4.78 is 26.5. The van der Waals surface area contributed by atoms with Crippen LogP contribution in [0.1, 0.15) is 21.5 Å². The van der Waals surface area contributed by atoms with Gasteiger partial charge in [0, 0.05) is 22.0 Å². The summed E-state index contributed by atoms with van der Waals surface area (Å²) in [4.78, 5) is 14.6. The van der Waals surface area contributed by atoms with Crippen molar-refractivity contribution in [1.29, 1.82) is 0 Å². The Hall–Kier alpha value is -2.49. The molecule has 3 aromatic rings. The monoisotopic (exact) mass is 285 g/mol. The summed E-state index contributed by atoms with van der Waals surface area (Å²) in [6.45, 7) is 3.89. The minimum atomic E-state index is -0.934. The molecule has 1 aromatic heterocycles. The summed E-state index contributed by atoms with van der Waals surface area (Å²) in [6, 6.07) is 7.52. The second-order valence-electron chi connectivity index (χ2n) is 5.16. The summed E-state index contributed by atoms with van der Waals surface area (Å²) in [5.74, 6) is -1.84. The number of hydrogen-bond donors (Lipinski definition) is 1. The predicted octanol–water partition coefficient (Wildman–Crippen LogP) is 4.54. The standard InChI is InChI=1S/C17H13F2NO/c1-9-5-10(2)16-12(8-21)17(20-15(16)6-9)11-3-4-13(18)14(19)7-11/h3-8,20H,1-2H3. The van der Waals surface area contributed by atoms with Crippen LogP contribution in [0.3, 0.4) is 0 Å². The van der Waals surface area contributed by atoms with Gasteiger partial charge in [-0.05, 0) is 49.2 Å². The number of rotatable bonds is 2. The van der Waals surface area contributed by atoms with Gasteiger partial charge < -0.3 is 4.98 Å². The summed E-state index contributed by atoms with van der Waals surface area (Å²) in [6.07, 6.45) is 0.748. The molecule has 0 amide bonds. The number of aryl methyl sites for hydroxylation is 2. The average molecular weight is 285 g/mol. The van der Waals surface area contributed by atoms with E-state index in [2.05, 4.69) is 4.98 Å². The van der Waals surface area contributed by atoms with Gasteiger partial charge in [0.05, 0.1) is 5.69 Å². The van der Waals surface area contributed by atoms with Crippen LogP contribution in [-0.2, 0) is 0 Å². The van der Waals surface area contributed by atoms with E-state index in [0.29, 0.717) is 16.8 Å². The number of carbonyl (C=O) groups is 1. The molecule has 1 N–H and O–H groups in total. The fourth-order valence-corrected chi connectivity index (χ4v) is 2.75. The Bertz CT molecular complexity index is 865. The molecule has 2 aromatic carbocycles. The highest BCUT2D eigenvalue weighted by Gasteiger charge is 2.16. The number of halogens is 2. The number of aromatic nitrogens is 1. The van der Waals surface area contributed by atoms with Crippen LogP contribution in [0.5, 0.6) is 0 Å². The van der Waals surface area contributed by atoms with Crippen molar-refractivity contribution < 1.29 is 13.6 Å². The fourth-order valence-electron chi connectivity index (χ4n) is 2.75. The second-order valence-corrected chi connectivity index (χ2v) is 5.16. The van der Waals surface area contributed by atoms with Crippen molar-refractivity contribution in [2.75, 3.05) is 0 Å². The van der Waals surface area contributed by atoms with E-state index in [9.17, 15) is 13.6 Å². The van der Waals surface area contributed by atoms with Crippen LogP contribution in [0.4, 0.5) is 8.78 Å². The molecule has 0 aliphatic heterocycles. The van der Waals surface area contributed by atoms with Crippen molar-refractivity contribution in [3.8, 4) is 11.3 Å². The van der Waals surface area contributed by atoms with Gasteiger partial charge in [-0.25, -0.2) is 8.78 Å². The molecule has 4 heteroatoms. The highest BCUT2D eigenvalue weighted by atomic mass is 19.2. The number of carbonyl (C=O) groups excluding carboxylic acids is 1. The lowest BCUT2D eigenvalue weighted by molar-refractivity contribution is 0.112. The number of aromatic amines is 1. The van der Waals surface area contributed by atoms with E-state index < -0.39 is 11.6 Å². The molecular formula is C17H13F2NO. The summed E-state index contributed by atoms with van der Waals surface area (Å²) >= 11 is 0. The second kappa shape index (κ2) is 4.81. The fraction of sp³-hybridized carbons (Fsp3) is 0.118. The van der Waals surface area contributed by atoms with Crippen LogP contribution in [0.25, 0.3) is 22.2 Å². The van der Waals surface area contributed by atoms with Gasteiger partial charge in [0.2, 0.25) is 0 Å². The molecule has 0 aliphatic carbocycles. The molecule has 0 atom stereocenters. The number of fused-ring (bicyclic) bond motifs is 1. The maximum atomic E-state index is 13.4. The maximum Gasteiger partial charge on any atom is 0.159 e. The van der Waals surface area contributed by atoms with Gasteiger partial charge in [-0.2, -0.15) is 0 Å². The van der Waals surface area contributed by atoms with Crippen LogP contribution in [0, 0.1) is 25.5 Å². The number of aldehydes is 1. The predicted molar refractivity (Wildman–Crippen MR) is 78.5 cm³/mol. The Morgan fingerprint density at radius 1 is 1.05 bits per heavy atom. The van der Waals surface area contributed by atoms with E-state index in [1.165, 1.54) is 6.07 Å². The zero-order valence-electron chi connectivity index (χ0n) is 11.6. The van der Waals surface area contributed by atoms with Crippen molar-refractivity contribution in [3.05, 3.63) is 58.7 Å². The molecule has 0 spiro atoms. The van der Waals surface area contributed by atoms with Crippen LogP contribution in [-0.4, -0.2) is 11.3 Å². The number of benzene rings is 2. The normalized spacial score (nSPS) is 11.0. The van der Waals surface area contributed by atoms with Crippen LogP contribution in [0.2, 0.25) is 0 Å². The van der Waals surface area contributed by atoms with Gasteiger partial charge in [-0.3, -0.25) is 4.79 Å². The Labute approximate surface area is 120 Å². The molecule has 2 nitrogen and oxygen atoms in total. The summed E-state index contributed by atoms with van der Waals surface area (Å²) in [5.41, 5.74) is 4.27. The number of nitrogens with one attached hydrogen (secondary N) is 1. The maximum absolute atomic E-state index is 13.4. The molecule has 21 heavy (non-hydrogen) atoms. The van der Waals surface area contributed by atoms with E-state index in [4.69, 9.17) is 0 Å². The Balaban J connectivity index is 2.34. The molecule has 0 unspecified atom stereocenters.